The van der Waals surface area contributed by atoms with Crippen LogP contribution in [0.3, 0.4) is 0 Å². The van der Waals surface area contributed by atoms with Crippen LogP contribution in [0.15, 0.2) is 188 Å². The standard InChI is InChI=1S/C46H36N4/c1-2-34-23-32-43-44(33-34)48-45(35-15-7-3-8-16-35)46(47-43)36-24-26-40(27-25-36)50(39-21-13-6-14-22-39)42-30-28-41(29-31-42)49(37-17-9-4-10-18-37)38-19-11-5-12-20-38/h3-33H,2H2,1H3. The van der Waals surface area contributed by atoms with Crippen LogP contribution in [0, 0.1) is 0 Å². The Morgan fingerprint density at radius 3 is 1.16 bits per heavy atom. The van der Waals surface area contributed by atoms with Gasteiger partial charge in [-0.2, -0.15) is 0 Å². The molecule has 50 heavy (non-hydrogen) atoms. The lowest BCUT2D eigenvalue weighted by Crippen LogP contribution is -2.12. The minimum Gasteiger partial charge on any atom is -0.311 e. The summed E-state index contributed by atoms with van der Waals surface area (Å²) in [5.74, 6) is 0. The average Bonchev–Trinajstić information content (AvgIpc) is 3.20. The van der Waals surface area contributed by atoms with Gasteiger partial charge < -0.3 is 9.80 Å². The lowest BCUT2D eigenvalue weighted by atomic mass is 10.0. The van der Waals surface area contributed by atoms with Crippen molar-refractivity contribution in [2.45, 2.75) is 13.3 Å². The molecule has 0 aliphatic carbocycles. The zero-order valence-corrected chi connectivity index (χ0v) is 27.9. The predicted molar refractivity (Wildman–Crippen MR) is 209 cm³/mol. The van der Waals surface area contributed by atoms with Crippen LogP contribution in [0.4, 0.5) is 34.1 Å². The van der Waals surface area contributed by atoms with Gasteiger partial charge in [0.15, 0.2) is 0 Å². The largest absolute Gasteiger partial charge is 0.311 e. The molecule has 0 saturated heterocycles. The summed E-state index contributed by atoms with van der Waals surface area (Å²) >= 11 is 0. The van der Waals surface area contributed by atoms with Crippen LogP contribution in [-0.2, 0) is 6.42 Å². The molecule has 0 aliphatic heterocycles. The maximum atomic E-state index is 5.18. The van der Waals surface area contributed by atoms with Crippen LogP contribution >= 0.6 is 0 Å². The topological polar surface area (TPSA) is 32.3 Å². The molecule has 0 bridgehead atoms. The van der Waals surface area contributed by atoms with Gasteiger partial charge in [0.2, 0.25) is 0 Å². The Labute approximate surface area is 293 Å². The second-order valence-corrected chi connectivity index (χ2v) is 12.2. The van der Waals surface area contributed by atoms with E-state index < -0.39 is 0 Å². The molecule has 4 heteroatoms. The molecule has 0 N–H and O–H groups in total. The van der Waals surface area contributed by atoms with Crippen molar-refractivity contribution < 1.29 is 0 Å². The Morgan fingerprint density at radius 2 is 0.720 bits per heavy atom. The molecular formula is C46H36N4. The van der Waals surface area contributed by atoms with E-state index in [0.29, 0.717) is 0 Å². The third-order valence-corrected chi connectivity index (χ3v) is 8.99. The molecular weight excluding hydrogens is 609 g/mol. The number of para-hydroxylation sites is 3. The van der Waals surface area contributed by atoms with E-state index in [1.807, 2.05) is 6.07 Å². The molecule has 0 spiro atoms. The van der Waals surface area contributed by atoms with Crippen LogP contribution in [0.2, 0.25) is 0 Å². The summed E-state index contributed by atoms with van der Waals surface area (Å²) in [5.41, 5.74) is 13.4. The van der Waals surface area contributed by atoms with E-state index in [1.54, 1.807) is 0 Å². The van der Waals surface area contributed by atoms with Gasteiger partial charge in [0.1, 0.15) is 0 Å². The molecule has 7 aromatic carbocycles. The summed E-state index contributed by atoms with van der Waals surface area (Å²) in [6.07, 6.45) is 0.959. The summed E-state index contributed by atoms with van der Waals surface area (Å²) in [4.78, 5) is 14.9. The van der Waals surface area contributed by atoms with E-state index >= 15 is 0 Å². The number of aryl methyl sites for hydroxylation is 1. The summed E-state index contributed by atoms with van der Waals surface area (Å²) in [5, 5.41) is 0. The Morgan fingerprint density at radius 1 is 0.360 bits per heavy atom. The van der Waals surface area contributed by atoms with E-state index in [4.69, 9.17) is 9.97 Å². The number of anilines is 6. The number of rotatable bonds is 9. The maximum absolute atomic E-state index is 5.18. The molecule has 8 rings (SSSR count). The van der Waals surface area contributed by atoms with E-state index in [-0.39, 0.29) is 0 Å². The Kier molecular flexibility index (Phi) is 8.57. The molecule has 0 unspecified atom stereocenters. The first kappa shape index (κ1) is 30.8. The number of benzene rings is 7. The van der Waals surface area contributed by atoms with E-state index in [1.165, 1.54) is 5.56 Å². The number of hydrogen-bond donors (Lipinski definition) is 0. The Balaban J connectivity index is 1.19. The zero-order chi connectivity index (χ0) is 33.7. The second kappa shape index (κ2) is 13.9. The van der Waals surface area contributed by atoms with Gasteiger partial charge in [0.05, 0.1) is 22.4 Å². The summed E-state index contributed by atoms with van der Waals surface area (Å²) < 4.78 is 0. The normalized spacial score (nSPS) is 11.0. The van der Waals surface area contributed by atoms with Crippen molar-refractivity contribution in [1.82, 2.24) is 9.97 Å². The van der Waals surface area contributed by atoms with Crippen molar-refractivity contribution in [3.05, 3.63) is 194 Å². The van der Waals surface area contributed by atoms with Gasteiger partial charge in [-0.3, -0.25) is 0 Å². The highest BCUT2D eigenvalue weighted by Crippen LogP contribution is 2.40. The van der Waals surface area contributed by atoms with E-state index in [2.05, 4.69) is 199 Å². The second-order valence-electron chi connectivity index (χ2n) is 12.2. The highest BCUT2D eigenvalue weighted by Gasteiger charge is 2.18. The lowest BCUT2D eigenvalue weighted by Gasteiger charge is -2.28. The van der Waals surface area contributed by atoms with Gasteiger partial charge >= 0.3 is 0 Å². The van der Waals surface area contributed by atoms with Crippen LogP contribution in [0.5, 0.6) is 0 Å². The third kappa shape index (κ3) is 6.23. The van der Waals surface area contributed by atoms with Crippen molar-refractivity contribution >= 4 is 45.2 Å². The van der Waals surface area contributed by atoms with Gasteiger partial charge in [-0.1, -0.05) is 110 Å². The quantitative estimate of drug-likeness (QED) is 0.156. The summed E-state index contributed by atoms with van der Waals surface area (Å²) in [6, 6.07) is 65.7. The van der Waals surface area contributed by atoms with Crippen molar-refractivity contribution in [2.75, 3.05) is 9.80 Å². The average molecular weight is 645 g/mol. The fraction of sp³-hybridized carbons (Fsp3) is 0.0435. The van der Waals surface area contributed by atoms with Crippen molar-refractivity contribution in [1.29, 1.82) is 0 Å². The molecule has 1 aromatic heterocycles. The van der Waals surface area contributed by atoms with Gasteiger partial charge in [-0.05, 0) is 96.9 Å². The fourth-order valence-electron chi connectivity index (χ4n) is 6.46. The highest BCUT2D eigenvalue weighted by molar-refractivity contribution is 5.88. The smallest absolute Gasteiger partial charge is 0.0973 e. The molecule has 0 aliphatic rings. The van der Waals surface area contributed by atoms with Crippen molar-refractivity contribution in [3.63, 3.8) is 0 Å². The summed E-state index contributed by atoms with van der Waals surface area (Å²) in [7, 11) is 0. The van der Waals surface area contributed by atoms with Crippen LogP contribution in [-0.4, -0.2) is 9.97 Å². The van der Waals surface area contributed by atoms with Gasteiger partial charge in [0.25, 0.3) is 0 Å². The third-order valence-electron chi connectivity index (χ3n) is 8.99. The first-order valence-electron chi connectivity index (χ1n) is 17.1. The monoisotopic (exact) mass is 644 g/mol. The number of hydrogen-bond acceptors (Lipinski definition) is 4. The molecule has 0 amide bonds. The Hall–Kier alpha value is -6.52. The Bertz CT molecular complexity index is 2280. The SMILES string of the molecule is CCc1ccc2nc(-c3ccc(N(c4ccccc4)c4ccc(N(c5ccccc5)c5ccccc5)cc4)cc3)c(-c3ccccc3)nc2c1. The predicted octanol–water partition coefficient (Wildman–Crippen LogP) is 12.5. The number of fused-ring (bicyclic) bond motifs is 1. The fourth-order valence-corrected chi connectivity index (χ4v) is 6.46. The lowest BCUT2D eigenvalue weighted by molar-refractivity contribution is 1.14. The number of aromatic nitrogens is 2. The van der Waals surface area contributed by atoms with Gasteiger partial charge in [-0.25, -0.2) is 9.97 Å². The minimum atomic E-state index is 0.872. The highest BCUT2D eigenvalue weighted by atomic mass is 15.2. The maximum Gasteiger partial charge on any atom is 0.0973 e. The summed E-state index contributed by atoms with van der Waals surface area (Å²) in [6.45, 7) is 2.17. The van der Waals surface area contributed by atoms with E-state index in [9.17, 15) is 0 Å². The van der Waals surface area contributed by atoms with E-state index in [0.717, 1.165) is 74.1 Å². The zero-order valence-electron chi connectivity index (χ0n) is 27.9. The van der Waals surface area contributed by atoms with Crippen LogP contribution < -0.4 is 9.80 Å². The molecule has 240 valence electrons. The first-order valence-corrected chi connectivity index (χ1v) is 17.1. The molecule has 0 radical (unpaired) electrons. The molecule has 4 nitrogen and oxygen atoms in total. The molecule has 1 heterocycles. The van der Waals surface area contributed by atoms with Crippen molar-refractivity contribution in [3.8, 4) is 22.5 Å². The van der Waals surface area contributed by atoms with Gasteiger partial charge in [-0.15, -0.1) is 0 Å². The van der Waals surface area contributed by atoms with Crippen LogP contribution in [0.25, 0.3) is 33.5 Å². The molecule has 8 aromatic rings. The molecule has 0 saturated carbocycles. The van der Waals surface area contributed by atoms with Crippen LogP contribution in [0.1, 0.15) is 12.5 Å². The first-order chi connectivity index (χ1) is 24.7. The number of nitrogens with zero attached hydrogens (tertiary/aromatic N) is 4. The molecule has 0 atom stereocenters. The van der Waals surface area contributed by atoms with Gasteiger partial charge in [0, 0.05) is 45.3 Å². The van der Waals surface area contributed by atoms with Crippen molar-refractivity contribution in [2.24, 2.45) is 0 Å². The minimum absolute atomic E-state index is 0.872. The molecule has 0 fully saturated rings.